The van der Waals surface area contributed by atoms with Crippen molar-refractivity contribution in [1.29, 1.82) is 5.39 Å². The number of aliphatic hydroxyl groups excluding tert-OH is 1. The lowest BCUT2D eigenvalue weighted by atomic mass is 10.2. The number of hydrogen-bond acceptors (Lipinski definition) is 4. The molecule has 0 radical (unpaired) electrons. The summed E-state index contributed by atoms with van der Waals surface area (Å²) >= 11 is 0. The highest BCUT2D eigenvalue weighted by Gasteiger charge is 2.07. The Labute approximate surface area is 78.9 Å². The highest BCUT2D eigenvalue weighted by atomic mass is 16.6. The Morgan fingerprint density at radius 1 is 1.50 bits per heavy atom. The molecule has 0 aliphatic carbocycles. The molecule has 0 aliphatic heterocycles. The van der Waals surface area contributed by atoms with E-state index in [4.69, 9.17) is 5.39 Å². The van der Waals surface area contributed by atoms with Crippen LogP contribution in [-0.2, 0) is 0 Å². The first-order chi connectivity index (χ1) is 6.65. The van der Waals surface area contributed by atoms with Crippen molar-refractivity contribution in [2.24, 2.45) is 0 Å². The monoisotopic (exact) mass is 192 g/mol. The van der Waals surface area contributed by atoms with Gasteiger partial charge < -0.3 is 5.11 Å². The molecule has 6 nitrogen and oxygen atoms in total. The molecule has 0 fully saturated rings. The van der Waals surface area contributed by atoms with Gasteiger partial charge in [0, 0.05) is 17.7 Å². The van der Waals surface area contributed by atoms with Crippen LogP contribution in [0.2, 0.25) is 0 Å². The van der Waals surface area contributed by atoms with E-state index in [1.165, 1.54) is 24.3 Å². The van der Waals surface area contributed by atoms with Gasteiger partial charge in [0.15, 0.2) is 4.98 Å². The third kappa shape index (κ3) is 2.04. The lowest BCUT2D eigenvalue weighted by Crippen LogP contribution is -1.88. The van der Waals surface area contributed by atoms with Crippen molar-refractivity contribution in [2.45, 2.75) is 0 Å². The summed E-state index contributed by atoms with van der Waals surface area (Å²) in [5.41, 5.74) is 0.274. The minimum Gasteiger partial charge on any atom is -0.501 e. The Morgan fingerprint density at radius 3 is 2.50 bits per heavy atom. The molecule has 1 N–H and O–H groups in total. The normalized spacial score (nSPS) is 10.6. The second-order valence-electron chi connectivity index (χ2n) is 2.43. The van der Waals surface area contributed by atoms with Gasteiger partial charge in [0.25, 0.3) is 5.69 Å². The summed E-state index contributed by atoms with van der Waals surface area (Å²) in [6.45, 7) is 0. The summed E-state index contributed by atoms with van der Waals surface area (Å²) in [4.78, 5) is 12.4. The minimum atomic E-state index is -0.541. The van der Waals surface area contributed by atoms with E-state index in [1.807, 2.05) is 0 Å². The van der Waals surface area contributed by atoms with Crippen molar-refractivity contribution in [2.75, 3.05) is 0 Å². The molecule has 0 spiro atoms. The van der Waals surface area contributed by atoms with Gasteiger partial charge in [-0.15, -0.1) is 0 Å². The van der Waals surface area contributed by atoms with E-state index in [0.29, 0.717) is 5.56 Å². The second kappa shape index (κ2) is 4.00. The first-order valence-corrected chi connectivity index (χ1v) is 3.63. The summed E-state index contributed by atoms with van der Waals surface area (Å²) in [5, 5.41) is 27.6. The summed E-state index contributed by atoms with van der Waals surface area (Å²) in [5.74, 6) is -0.262. The zero-order valence-electron chi connectivity index (χ0n) is 6.99. The van der Waals surface area contributed by atoms with Crippen molar-refractivity contribution in [3.8, 4) is 0 Å². The number of benzene rings is 1. The molecule has 6 heteroatoms. The van der Waals surface area contributed by atoms with Crippen LogP contribution >= 0.6 is 0 Å². The second-order valence-corrected chi connectivity index (χ2v) is 2.43. The quantitative estimate of drug-likeness (QED) is 0.336. The molecular weight excluding hydrogens is 186 g/mol. The molecule has 14 heavy (non-hydrogen) atoms. The molecule has 70 valence electrons. The summed E-state index contributed by atoms with van der Waals surface area (Å²) in [6, 6.07) is 5.21. The van der Waals surface area contributed by atoms with Crippen molar-refractivity contribution >= 4 is 11.4 Å². The van der Waals surface area contributed by atoms with Crippen LogP contribution in [0.4, 0.5) is 5.69 Å². The predicted octanol–water partition coefficient (Wildman–Crippen LogP) is 2.30. The van der Waals surface area contributed by atoms with Crippen LogP contribution in [0.5, 0.6) is 0 Å². The van der Waals surface area contributed by atoms with Crippen LogP contribution in [0.15, 0.2) is 30.5 Å². The number of rotatable bonds is 2. The number of non-ortho nitro benzene ring substituents is 1. The first-order valence-electron chi connectivity index (χ1n) is 3.63. The first kappa shape index (κ1) is 9.67. The lowest BCUT2D eigenvalue weighted by molar-refractivity contribution is -0.384. The van der Waals surface area contributed by atoms with Crippen LogP contribution in [0.25, 0.3) is 10.7 Å². The van der Waals surface area contributed by atoms with Crippen molar-refractivity contribution < 1.29 is 10.0 Å². The highest BCUT2D eigenvalue weighted by molar-refractivity contribution is 5.60. The fourth-order valence-electron chi connectivity index (χ4n) is 0.883. The molecule has 0 atom stereocenters. The molecule has 1 aromatic carbocycles. The number of nitro groups is 1. The molecule has 0 saturated carbocycles. The standard InChI is InChI=1S/C8H5N3O3/c9-10-5-8(12)6-1-3-7(4-2-6)11(13)14/h1-5H/p+1/b8-5-. The molecule has 0 aromatic heterocycles. The average molecular weight is 192 g/mol. The number of diazo groups is 1. The van der Waals surface area contributed by atoms with E-state index < -0.39 is 4.92 Å². The molecule has 0 aliphatic rings. The van der Waals surface area contributed by atoms with E-state index in [0.717, 1.165) is 6.20 Å². The fraction of sp³-hybridized carbons (Fsp3) is 0. The third-order valence-electron chi connectivity index (χ3n) is 1.55. The zero-order valence-corrected chi connectivity index (χ0v) is 6.99. The topological polar surface area (TPSA) is 91.5 Å². The Bertz CT molecular complexity index is 416. The summed E-state index contributed by atoms with van der Waals surface area (Å²) < 4.78 is 0. The molecule has 0 unspecified atom stereocenters. The van der Waals surface area contributed by atoms with Gasteiger partial charge in [-0.2, -0.15) is 0 Å². The van der Waals surface area contributed by atoms with Crippen molar-refractivity contribution in [1.82, 2.24) is 0 Å². The van der Waals surface area contributed by atoms with Crippen molar-refractivity contribution in [3.63, 3.8) is 0 Å². The number of hydrogen-bond donors (Lipinski definition) is 1. The Kier molecular flexibility index (Phi) is 2.76. The number of nitrogens with zero attached hydrogens (tertiary/aromatic N) is 3. The fourth-order valence-corrected chi connectivity index (χ4v) is 0.883. The maximum atomic E-state index is 10.3. The maximum Gasteiger partial charge on any atom is 0.392 e. The van der Waals surface area contributed by atoms with Gasteiger partial charge in [0.2, 0.25) is 11.2 Å². The van der Waals surface area contributed by atoms with Gasteiger partial charge in [-0.05, 0) is 12.1 Å². The number of nitro benzene ring substituents is 1. The maximum absolute atomic E-state index is 10.3. The highest BCUT2D eigenvalue weighted by Crippen LogP contribution is 2.16. The van der Waals surface area contributed by atoms with E-state index in [2.05, 4.69) is 4.98 Å². The molecule has 0 saturated heterocycles. The van der Waals surface area contributed by atoms with Crippen LogP contribution in [-0.4, -0.2) is 10.0 Å². The third-order valence-corrected chi connectivity index (χ3v) is 1.55. The molecule has 1 aromatic rings. The van der Waals surface area contributed by atoms with Crippen LogP contribution in [0.3, 0.4) is 0 Å². The molecule has 0 amide bonds. The van der Waals surface area contributed by atoms with Gasteiger partial charge in [-0.25, -0.2) is 0 Å². The van der Waals surface area contributed by atoms with Gasteiger partial charge in [0.1, 0.15) is 0 Å². The van der Waals surface area contributed by atoms with Crippen molar-refractivity contribution in [3.05, 3.63) is 51.1 Å². The summed E-state index contributed by atoms with van der Waals surface area (Å²) in [7, 11) is 0. The zero-order chi connectivity index (χ0) is 10.6. The molecular formula is C8H6N3O3+. The van der Waals surface area contributed by atoms with Crippen LogP contribution in [0, 0.1) is 15.5 Å². The Balaban J connectivity index is 3.01. The SMILES string of the molecule is N#[N+]/C=C(\O)c1ccc([N+](=O)[O-])cc1. The van der Waals surface area contributed by atoms with Gasteiger partial charge >= 0.3 is 6.20 Å². The largest absolute Gasteiger partial charge is 0.501 e. The predicted molar refractivity (Wildman–Crippen MR) is 48.8 cm³/mol. The van der Waals surface area contributed by atoms with Gasteiger partial charge in [-0.3, -0.25) is 10.1 Å². The lowest BCUT2D eigenvalue weighted by Gasteiger charge is -1.94. The Morgan fingerprint density at radius 2 is 2.07 bits per heavy atom. The minimum absolute atomic E-state index is 0.0671. The smallest absolute Gasteiger partial charge is 0.392 e. The van der Waals surface area contributed by atoms with E-state index >= 15 is 0 Å². The Hall–Kier alpha value is -2.42. The van der Waals surface area contributed by atoms with Crippen LogP contribution in [0.1, 0.15) is 5.56 Å². The van der Waals surface area contributed by atoms with Crippen LogP contribution < -0.4 is 0 Å². The number of aliphatic hydroxyl groups is 1. The molecule has 1 rings (SSSR count). The molecule has 0 heterocycles. The summed E-state index contributed by atoms with van der Waals surface area (Å²) in [6.07, 6.45) is 0.834. The average Bonchev–Trinajstić information content (AvgIpc) is 2.18. The van der Waals surface area contributed by atoms with Gasteiger partial charge in [-0.1, -0.05) is 0 Å². The van der Waals surface area contributed by atoms with E-state index in [-0.39, 0.29) is 11.4 Å². The molecule has 0 bridgehead atoms. The van der Waals surface area contributed by atoms with Gasteiger partial charge in [0.05, 0.1) is 4.92 Å². The van der Waals surface area contributed by atoms with E-state index in [1.54, 1.807) is 0 Å². The van der Waals surface area contributed by atoms with E-state index in [9.17, 15) is 15.2 Å².